The first-order valence-corrected chi connectivity index (χ1v) is 11.1. The van der Waals surface area contributed by atoms with E-state index >= 15 is 0 Å². The SMILES string of the molecule is O=C(CCCc1ccc2c(c1)OCO2)C[C@@H](c1ccc(C(F)(F)F)cc1)c1ncccc1C(F)(F)F. The van der Waals surface area contributed by atoms with Crippen molar-refractivity contribution in [3.8, 4) is 11.5 Å². The van der Waals surface area contributed by atoms with E-state index in [2.05, 4.69) is 4.98 Å². The van der Waals surface area contributed by atoms with Gasteiger partial charge in [0.2, 0.25) is 6.79 Å². The number of ether oxygens (including phenoxy) is 2. The molecule has 0 fully saturated rings. The highest BCUT2D eigenvalue weighted by atomic mass is 19.4. The number of rotatable bonds is 8. The molecule has 0 N–H and O–H groups in total. The van der Waals surface area contributed by atoms with Crippen molar-refractivity contribution in [1.82, 2.24) is 4.98 Å². The van der Waals surface area contributed by atoms with E-state index in [1.54, 1.807) is 12.1 Å². The number of hydrogen-bond acceptors (Lipinski definition) is 4. The molecule has 0 saturated carbocycles. The Balaban J connectivity index is 1.52. The molecule has 190 valence electrons. The number of ketones is 1. The van der Waals surface area contributed by atoms with Crippen LogP contribution in [-0.4, -0.2) is 17.6 Å². The summed E-state index contributed by atoms with van der Waals surface area (Å²) in [7, 11) is 0. The predicted octanol–water partition coefficient (Wildman–Crippen LogP) is 6.96. The van der Waals surface area contributed by atoms with Crippen LogP contribution in [0.15, 0.2) is 60.8 Å². The van der Waals surface area contributed by atoms with E-state index in [0.717, 1.165) is 42.0 Å². The highest BCUT2D eigenvalue weighted by Crippen LogP contribution is 2.39. The largest absolute Gasteiger partial charge is 0.454 e. The Kier molecular flexibility index (Phi) is 7.23. The zero-order valence-electron chi connectivity index (χ0n) is 18.8. The summed E-state index contributed by atoms with van der Waals surface area (Å²) in [6.45, 7) is 0.135. The van der Waals surface area contributed by atoms with Gasteiger partial charge in [0.05, 0.1) is 16.8 Å². The van der Waals surface area contributed by atoms with Crippen LogP contribution in [0, 0.1) is 0 Å². The first kappa shape index (κ1) is 25.5. The molecule has 4 nitrogen and oxygen atoms in total. The van der Waals surface area contributed by atoms with Gasteiger partial charge in [0.25, 0.3) is 0 Å². The molecule has 3 aromatic rings. The highest BCUT2D eigenvalue weighted by Gasteiger charge is 2.37. The average molecular weight is 509 g/mol. The topological polar surface area (TPSA) is 48.4 Å². The summed E-state index contributed by atoms with van der Waals surface area (Å²) in [6, 6.07) is 11.2. The summed E-state index contributed by atoms with van der Waals surface area (Å²) in [4.78, 5) is 16.7. The maximum absolute atomic E-state index is 13.7. The molecule has 2 aromatic carbocycles. The lowest BCUT2D eigenvalue weighted by Gasteiger charge is -2.21. The fraction of sp³-hybridized carbons (Fsp3) is 0.308. The quantitative estimate of drug-likeness (QED) is 0.308. The van der Waals surface area contributed by atoms with Crippen LogP contribution < -0.4 is 9.47 Å². The molecule has 0 saturated heterocycles. The van der Waals surface area contributed by atoms with Crippen LogP contribution in [0.1, 0.15) is 53.1 Å². The monoisotopic (exact) mass is 509 g/mol. The van der Waals surface area contributed by atoms with Crippen LogP contribution in [0.4, 0.5) is 26.3 Å². The fourth-order valence-corrected chi connectivity index (χ4v) is 4.13. The molecule has 0 unspecified atom stereocenters. The number of alkyl halides is 6. The smallest absolute Gasteiger partial charge is 0.418 e. The first-order valence-electron chi connectivity index (χ1n) is 11.1. The van der Waals surface area contributed by atoms with Crippen LogP contribution in [0.25, 0.3) is 0 Å². The summed E-state index contributed by atoms with van der Waals surface area (Å²) in [5, 5.41) is 0. The first-order chi connectivity index (χ1) is 17.0. The molecule has 4 rings (SSSR count). The van der Waals surface area contributed by atoms with E-state index in [4.69, 9.17) is 9.47 Å². The Morgan fingerprint density at radius 1 is 0.917 bits per heavy atom. The van der Waals surface area contributed by atoms with E-state index in [1.807, 2.05) is 6.07 Å². The number of Topliss-reactive ketones (excluding diaryl/α,β-unsaturated/α-hetero) is 1. The van der Waals surface area contributed by atoms with Crippen molar-refractivity contribution >= 4 is 5.78 Å². The van der Waals surface area contributed by atoms with E-state index in [0.29, 0.717) is 24.3 Å². The third-order valence-electron chi connectivity index (χ3n) is 5.90. The van der Waals surface area contributed by atoms with Crippen molar-refractivity contribution in [2.45, 2.75) is 44.0 Å². The van der Waals surface area contributed by atoms with Crippen molar-refractivity contribution in [2.24, 2.45) is 0 Å². The lowest BCUT2D eigenvalue weighted by Crippen LogP contribution is -2.17. The summed E-state index contributed by atoms with van der Waals surface area (Å²) in [5.74, 6) is -0.233. The van der Waals surface area contributed by atoms with Crippen molar-refractivity contribution in [2.75, 3.05) is 6.79 Å². The van der Waals surface area contributed by atoms with Gasteiger partial charge in [-0.25, -0.2) is 0 Å². The number of aryl methyl sites for hydroxylation is 1. The Morgan fingerprint density at radius 3 is 2.33 bits per heavy atom. The van der Waals surface area contributed by atoms with Crippen molar-refractivity contribution < 1.29 is 40.6 Å². The maximum Gasteiger partial charge on any atom is 0.418 e. The Bertz CT molecular complexity index is 1220. The lowest BCUT2D eigenvalue weighted by molar-refractivity contribution is -0.139. The second-order valence-corrected chi connectivity index (χ2v) is 8.39. The molecule has 2 heterocycles. The average Bonchev–Trinajstić information content (AvgIpc) is 3.30. The van der Waals surface area contributed by atoms with Crippen molar-refractivity contribution in [3.05, 3.63) is 88.7 Å². The highest BCUT2D eigenvalue weighted by molar-refractivity contribution is 5.80. The third kappa shape index (κ3) is 5.98. The predicted molar refractivity (Wildman–Crippen MR) is 118 cm³/mol. The minimum atomic E-state index is -4.74. The molecule has 1 atom stereocenters. The van der Waals surface area contributed by atoms with Gasteiger partial charge in [-0.15, -0.1) is 0 Å². The molecule has 0 radical (unpaired) electrons. The van der Waals surface area contributed by atoms with Gasteiger partial charge in [-0.1, -0.05) is 18.2 Å². The second-order valence-electron chi connectivity index (χ2n) is 8.39. The van der Waals surface area contributed by atoms with E-state index in [9.17, 15) is 31.1 Å². The molecular weight excluding hydrogens is 488 g/mol. The third-order valence-corrected chi connectivity index (χ3v) is 5.90. The van der Waals surface area contributed by atoms with Gasteiger partial charge < -0.3 is 9.47 Å². The molecular formula is C26H21F6NO3. The minimum absolute atomic E-state index is 0.0831. The summed E-state index contributed by atoms with van der Waals surface area (Å²) in [6.07, 6.45) is -7.44. The Labute approximate surface area is 202 Å². The van der Waals surface area contributed by atoms with Gasteiger partial charge in [0.1, 0.15) is 5.78 Å². The number of hydrogen-bond donors (Lipinski definition) is 0. The summed E-state index contributed by atoms with van der Waals surface area (Å²) >= 11 is 0. The van der Waals surface area contributed by atoms with E-state index < -0.39 is 35.1 Å². The number of carbonyl (C=O) groups excluding carboxylic acids is 1. The normalized spacial score (nSPS) is 14.1. The fourth-order valence-electron chi connectivity index (χ4n) is 4.13. The van der Waals surface area contributed by atoms with Gasteiger partial charge in [-0.3, -0.25) is 9.78 Å². The number of nitrogens with zero attached hydrogens (tertiary/aromatic N) is 1. The molecule has 1 aliphatic heterocycles. The van der Waals surface area contributed by atoms with Crippen LogP contribution in [-0.2, 0) is 23.6 Å². The van der Waals surface area contributed by atoms with E-state index in [-0.39, 0.29) is 31.0 Å². The molecule has 0 spiro atoms. The maximum atomic E-state index is 13.7. The molecule has 0 bridgehead atoms. The molecule has 36 heavy (non-hydrogen) atoms. The zero-order chi connectivity index (χ0) is 25.9. The molecule has 0 aliphatic carbocycles. The number of pyridine rings is 1. The van der Waals surface area contributed by atoms with Crippen LogP contribution >= 0.6 is 0 Å². The second kappa shape index (κ2) is 10.2. The van der Waals surface area contributed by atoms with Gasteiger partial charge in [-0.05, 0) is 60.4 Å². The Hall–Kier alpha value is -3.56. The minimum Gasteiger partial charge on any atom is -0.454 e. The summed E-state index contributed by atoms with van der Waals surface area (Å²) in [5.41, 5.74) is -1.29. The van der Waals surface area contributed by atoms with Gasteiger partial charge >= 0.3 is 12.4 Å². The number of aromatic nitrogens is 1. The van der Waals surface area contributed by atoms with Crippen molar-refractivity contribution in [1.29, 1.82) is 0 Å². The van der Waals surface area contributed by atoms with E-state index in [1.165, 1.54) is 6.20 Å². The molecule has 1 aromatic heterocycles. The number of carbonyl (C=O) groups is 1. The number of fused-ring (bicyclic) bond motifs is 1. The molecule has 10 heteroatoms. The van der Waals surface area contributed by atoms with Crippen molar-refractivity contribution in [3.63, 3.8) is 0 Å². The van der Waals surface area contributed by atoms with Gasteiger partial charge in [0.15, 0.2) is 11.5 Å². The summed E-state index contributed by atoms with van der Waals surface area (Å²) < 4.78 is 90.6. The van der Waals surface area contributed by atoms with Crippen LogP contribution in [0.5, 0.6) is 11.5 Å². The molecule has 1 aliphatic rings. The van der Waals surface area contributed by atoms with Crippen LogP contribution in [0.2, 0.25) is 0 Å². The number of benzene rings is 2. The van der Waals surface area contributed by atoms with Gasteiger partial charge in [-0.2, -0.15) is 26.3 Å². The lowest BCUT2D eigenvalue weighted by atomic mass is 9.86. The Morgan fingerprint density at radius 2 is 1.64 bits per heavy atom. The van der Waals surface area contributed by atoms with Crippen LogP contribution in [0.3, 0.4) is 0 Å². The number of halogens is 6. The zero-order valence-corrected chi connectivity index (χ0v) is 18.8. The van der Waals surface area contributed by atoms with Gasteiger partial charge in [0, 0.05) is 25.0 Å². The standard InChI is InChI=1S/C26H21F6NO3/c27-25(28,29)18-9-7-17(8-10-18)20(24-21(26(30,31)32)5-2-12-33-24)14-19(34)4-1-3-16-6-11-22-23(13-16)36-15-35-22/h2,5-13,20H,1,3-4,14-15H2/t20-/m0/s1. The molecule has 0 amide bonds.